The van der Waals surface area contributed by atoms with Gasteiger partial charge in [0.05, 0.1) is 11.5 Å². The number of esters is 1. The molecule has 1 rings (SSSR count). The van der Waals surface area contributed by atoms with E-state index in [4.69, 9.17) is 4.74 Å². The zero-order valence-corrected chi connectivity index (χ0v) is 14.0. The third-order valence-corrected chi connectivity index (χ3v) is 4.57. The van der Waals surface area contributed by atoms with Gasteiger partial charge in [-0.25, -0.2) is 13.1 Å². The third-order valence-electron chi connectivity index (χ3n) is 3.12. The van der Waals surface area contributed by atoms with Crippen molar-refractivity contribution < 1.29 is 28.0 Å². The monoisotopic (exact) mass is 358 g/mol. The number of benzene rings is 1. The number of carbonyl (C=O) groups excluding carboxylic acids is 1. The highest BCUT2D eigenvalue weighted by atomic mass is 32.2. The Bertz CT molecular complexity index is 756. The van der Waals surface area contributed by atoms with Crippen LogP contribution in [0, 0.1) is 10.1 Å². The lowest BCUT2D eigenvalue weighted by molar-refractivity contribution is -0.387. The van der Waals surface area contributed by atoms with Crippen LogP contribution in [-0.2, 0) is 19.6 Å². The van der Waals surface area contributed by atoms with Gasteiger partial charge in [-0.15, -0.1) is 0 Å². The lowest BCUT2D eigenvalue weighted by Crippen LogP contribution is -2.27. The predicted octanol–water partition coefficient (Wildman–Crippen LogP) is 0.745. The molecule has 0 aliphatic heterocycles. The zero-order valence-electron chi connectivity index (χ0n) is 13.2. The van der Waals surface area contributed by atoms with Crippen molar-refractivity contribution in [2.45, 2.75) is 18.7 Å². The smallest absolute Gasteiger partial charge is 0.302 e. The highest BCUT2D eigenvalue weighted by Crippen LogP contribution is 2.22. The van der Waals surface area contributed by atoms with E-state index in [1.54, 1.807) is 6.92 Å². The molecule has 1 aromatic rings. The fourth-order valence-corrected chi connectivity index (χ4v) is 2.97. The average Bonchev–Trinajstić information content (AvgIpc) is 2.53. The summed E-state index contributed by atoms with van der Waals surface area (Å²) >= 11 is 0. The number of nitrogens with zero attached hydrogens (tertiary/aromatic N) is 1. The summed E-state index contributed by atoms with van der Waals surface area (Å²) < 4.78 is 31.5. The number of rotatable bonds is 8. The van der Waals surface area contributed by atoms with E-state index in [1.807, 2.05) is 0 Å². The quantitative estimate of drug-likeness (QED) is 0.303. The van der Waals surface area contributed by atoms with Crippen molar-refractivity contribution in [3.8, 4) is 0 Å². The van der Waals surface area contributed by atoms with Crippen LogP contribution in [0.15, 0.2) is 40.3 Å². The Kier molecular flexibility index (Phi) is 7.01. The molecule has 24 heavy (non-hydrogen) atoms. The van der Waals surface area contributed by atoms with E-state index < -0.39 is 38.1 Å². The minimum absolute atomic E-state index is 0.162. The summed E-state index contributed by atoms with van der Waals surface area (Å²) in [4.78, 5) is 20.5. The van der Waals surface area contributed by atoms with Crippen molar-refractivity contribution >= 4 is 21.7 Å². The number of carbonyl (C=O) groups is 1. The van der Waals surface area contributed by atoms with Crippen LogP contribution in [0.1, 0.15) is 13.8 Å². The van der Waals surface area contributed by atoms with Gasteiger partial charge in [0.15, 0.2) is 4.90 Å². The second-order valence-corrected chi connectivity index (χ2v) is 6.61. The molecule has 0 aliphatic carbocycles. The molecule has 0 saturated heterocycles. The van der Waals surface area contributed by atoms with Gasteiger partial charge in [0, 0.05) is 19.5 Å². The Morgan fingerprint density at radius 3 is 2.50 bits per heavy atom. The van der Waals surface area contributed by atoms with Gasteiger partial charge in [-0.05, 0) is 18.6 Å². The van der Waals surface area contributed by atoms with E-state index in [0.717, 1.165) is 12.1 Å². The Morgan fingerprint density at radius 2 is 1.96 bits per heavy atom. The van der Waals surface area contributed by atoms with Crippen LogP contribution in [0.25, 0.3) is 0 Å². The zero-order chi connectivity index (χ0) is 18.3. The number of nitrogens with one attached hydrogen (secondary N) is 1. The van der Waals surface area contributed by atoms with Crippen molar-refractivity contribution in [1.82, 2.24) is 4.72 Å². The standard InChI is InChI=1S/C14H18N2O7S/c1-10(12(8-17)9-23-11(2)18)7-15-24(21,22)14-6-4-3-5-13(14)16(19)20/h3-6,15,17H,7-9H2,1-2H3/b12-10+. The molecule has 0 unspecified atom stereocenters. The minimum Gasteiger partial charge on any atom is -0.461 e. The second kappa shape index (κ2) is 8.52. The van der Waals surface area contributed by atoms with Crippen molar-refractivity contribution in [2.24, 2.45) is 0 Å². The number of nitro benzene ring substituents is 1. The molecular formula is C14H18N2O7S. The number of hydrogen-bond donors (Lipinski definition) is 2. The second-order valence-electron chi connectivity index (χ2n) is 4.87. The minimum atomic E-state index is -4.12. The number of aliphatic hydroxyl groups excluding tert-OH is 1. The molecule has 9 nitrogen and oxygen atoms in total. The van der Waals surface area contributed by atoms with Crippen molar-refractivity contribution in [3.63, 3.8) is 0 Å². The molecule has 0 radical (unpaired) electrons. The van der Waals surface area contributed by atoms with Gasteiger partial charge in [0.25, 0.3) is 5.69 Å². The lowest BCUT2D eigenvalue weighted by Gasteiger charge is -2.12. The van der Waals surface area contributed by atoms with Gasteiger partial charge in [0.1, 0.15) is 6.61 Å². The molecule has 10 heteroatoms. The fourth-order valence-electron chi connectivity index (χ4n) is 1.73. The molecule has 0 saturated carbocycles. The molecule has 1 aromatic carbocycles. The van der Waals surface area contributed by atoms with Crippen molar-refractivity contribution in [2.75, 3.05) is 19.8 Å². The third kappa shape index (κ3) is 5.41. The number of nitro groups is 1. The molecular weight excluding hydrogens is 340 g/mol. The van der Waals surface area contributed by atoms with E-state index in [2.05, 4.69) is 4.72 Å². The normalized spacial score (nSPS) is 12.5. The first-order valence-corrected chi connectivity index (χ1v) is 8.32. The molecule has 0 bridgehead atoms. The maximum Gasteiger partial charge on any atom is 0.302 e. The van der Waals surface area contributed by atoms with E-state index >= 15 is 0 Å². The molecule has 0 amide bonds. The number of hydrogen-bond acceptors (Lipinski definition) is 7. The summed E-state index contributed by atoms with van der Waals surface area (Å²) in [6.07, 6.45) is 0. The van der Waals surface area contributed by atoms with Crippen LogP contribution in [0.5, 0.6) is 0 Å². The summed E-state index contributed by atoms with van der Waals surface area (Å²) in [5, 5.41) is 20.2. The van der Waals surface area contributed by atoms with Crippen LogP contribution < -0.4 is 4.72 Å². The van der Waals surface area contributed by atoms with E-state index in [-0.39, 0.29) is 13.2 Å². The van der Waals surface area contributed by atoms with Crippen molar-refractivity contribution in [1.29, 1.82) is 0 Å². The molecule has 0 aliphatic rings. The Balaban J connectivity index is 2.96. The van der Waals surface area contributed by atoms with Crippen LogP contribution in [-0.4, -0.2) is 44.2 Å². The van der Waals surface area contributed by atoms with Crippen LogP contribution in [0.4, 0.5) is 5.69 Å². The van der Waals surface area contributed by atoms with Crippen LogP contribution >= 0.6 is 0 Å². The van der Waals surface area contributed by atoms with Crippen LogP contribution in [0.3, 0.4) is 0 Å². The van der Waals surface area contributed by atoms with Gasteiger partial charge in [-0.2, -0.15) is 0 Å². The van der Waals surface area contributed by atoms with Gasteiger partial charge in [-0.3, -0.25) is 14.9 Å². The predicted molar refractivity (Wildman–Crippen MR) is 84.7 cm³/mol. The maximum atomic E-state index is 12.3. The highest BCUT2D eigenvalue weighted by molar-refractivity contribution is 7.89. The van der Waals surface area contributed by atoms with E-state index in [0.29, 0.717) is 11.1 Å². The van der Waals surface area contributed by atoms with Crippen molar-refractivity contribution in [3.05, 3.63) is 45.5 Å². The Hall–Kier alpha value is -2.30. The topological polar surface area (TPSA) is 136 Å². The van der Waals surface area contributed by atoms with Gasteiger partial charge in [-0.1, -0.05) is 17.7 Å². The Morgan fingerprint density at radius 1 is 1.33 bits per heavy atom. The number of ether oxygens (including phenoxy) is 1. The largest absolute Gasteiger partial charge is 0.461 e. The van der Waals surface area contributed by atoms with Gasteiger partial charge >= 0.3 is 5.97 Å². The molecule has 2 N–H and O–H groups in total. The number of para-hydroxylation sites is 1. The SMILES string of the molecule is CC(=O)OC/C(CO)=C(\C)CNS(=O)(=O)c1ccccc1[N+](=O)[O-]. The summed E-state index contributed by atoms with van der Waals surface area (Å²) in [5.41, 5.74) is 0.255. The summed E-state index contributed by atoms with van der Waals surface area (Å²) in [7, 11) is -4.12. The van der Waals surface area contributed by atoms with Gasteiger partial charge in [0.2, 0.25) is 10.0 Å². The number of sulfonamides is 1. The first-order valence-electron chi connectivity index (χ1n) is 6.84. The lowest BCUT2D eigenvalue weighted by atomic mass is 10.1. The highest BCUT2D eigenvalue weighted by Gasteiger charge is 2.24. The van der Waals surface area contributed by atoms with E-state index in [9.17, 15) is 28.4 Å². The maximum absolute atomic E-state index is 12.3. The first-order chi connectivity index (χ1) is 11.2. The van der Waals surface area contributed by atoms with Crippen LogP contribution in [0.2, 0.25) is 0 Å². The molecule has 132 valence electrons. The summed E-state index contributed by atoms with van der Waals surface area (Å²) in [6, 6.07) is 4.97. The summed E-state index contributed by atoms with van der Waals surface area (Å²) in [6.45, 7) is 2.00. The molecule has 0 spiro atoms. The molecule has 0 atom stereocenters. The fraction of sp³-hybridized carbons (Fsp3) is 0.357. The molecule has 0 fully saturated rings. The molecule has 0 aromatic heterocycles. The number of aliphatic hydroxyl groups is 1. The van der Waals surface area contributed by atoms with Gasteiger partial charge < -0.3 is 9.84 Å². The Labute approximate surface area is 139 Å². The van der Waals surface area contributed by atoms with E-state index in [1.165, 1.54) is 19.1 Å². The molecule has 0 heterocycles. The average molecular weight is 358 g/mol. The summed E-state index contributed by atoms with van der Waals surface area (Å²) in [5.74, 6) is -0.533. The first kappa shape index (κ1) is 19.7.